The van der Waals surface area contributed by atoms with E-state index in [-0.39, 0.29) is 0 Å². The van der Waals surface area contributed by atoms with Gasteiger partial charge in [-0.2, -0.15) is 0 Å². The highest BCUT2D eigenvalue weighted by molar-refractivity contribution is 5.77. The lowest BCUT2D eigenvalue weighted by atomic mass is 9.91. The zero-order chi connectivity index (χ0) is 13.5. The summed E-state index contributed by atoms with van der Waals surface area (Å²) in [5.41, 5.74) is -0.0771. The molecule has 4 heteroatoms. The van der Waals surface area contributed by atoms with E-state index in [1.165, 1.54) is 0 Å². The van der Waals surface area contributed by atoms with E-state index in [1.807, 2.05) is 30.3 Å². The molecule has 2 atom stereocenters. The van der Waals surface area contributed by atoms with Crippen LogP contribution in [0.5, 0.6) is 0 Å². The number of likely N-dealkylation sites (tertiary alicyclic amines) is 1. The Balaban J connectivity index is 1.72. The fourth-order valence-corrected chi connectivity index (χ4v) is 2.56. The molecule has 0 saturated carbocycles. The molecule has 0 bridgehead atoms. The third-order valence-corrected chi connectivity index (χ3v) is 3.94. The fourth-order valence-electron chi connectivity index (χ4n) is 2.56. The second-order valence-corrected chi connectivity index (χ2v) is 5.61. The SMILES string of the molecule is C[C@@]1(O)CCN(Cc2cc3ccccc3o2)C[C@H]1O. The number of hydrogen-bond donors (Lipinski definition) is 2. The Morgan fingerprint density at radius 2 is 2.21 bits per heavy atom. The highest BCUT2D eigenvalue weighted by Crippen LogP contribution is 2.25. The molecule has 1 aromatic heterocycles. The molecule has 1 aliphatic rings. The molecule has 2 N–H and O–H groups in total. The molecule has 0 spiro atoms. The smallest absolute Gasteiger partial charge is 0.134 e. The summed E-state index contributed by atoms with van der Waals surface area (Å²) in [5.74, 6) is 0.898. The minimum atomic E-state index is -0.968. The van der Waals surface area contributed by atoms with E-state index in [0.717, 1.165) is 23.3 Å². The van der Waals surface area contributed by atoms with Gasteiger partial charge in [0.15, 0.2) is 0 Å². The second-order valence-electron chi connectivity index (χ2n) is 5.61. The van der Waals surface area contributed by atoms with Gasteiger partial charge in [-0.25, -0.2) is 0 Å². The molecule has 0 unspecified atom stereocenters. The quantitative estimate of drug-likeness (QED) is 0.864. The van der Waals surface area contributed by atoms with Crippen LogP contribution < -0.4 is 0 Å². The van der Waals surface area contributed by atoms with Gasteiger partial charge in [-0.15, -0.1) is 0 Å². The van der Waals surface area contributed by atoms with Gasteiger partial charge >= 0.3 is 0 Å². The van der Waals surface area contributed by atoms with Gasteiger partial charge in [-0.1, -0.05) is 18.2 Å². The Bertz CT molecular complexity index is 543. The van der Waals surface area contributed by atoms with Gasteiger partial charge < -0.3 is 14.6 Å². The lowest BCUT2D eigenvalue weighted by Crippen LogP contribution is -2.53. The number of nitrogens with zero attached hydrogens (tertiary/aromatic N) is 1. The zero-order valence-electron chi connectivity index (χ0n) is 11.0. The molecule has 0 aliphatic carbocycles. The minimum Gasteiger partial charge on any atom is -0.460 e. The van der Waals surface area contributed by atoms with Crippen molar-refractivity contribution in [3.05, 3.63) is 36.1 Å². The first kappa shape index (κ1) is 12.7. The van der Waals surface area contributed by atoms with E-state index in [2.05, 4.69) is 4.90 Å². The van der Waals surface area contributed by atoms with Crippen LogP contribution in [-0.2, 0) is 6.54 Å². The average molecular weight is 261 g/mol. The Morgan fingerprint density at radius 1 is 1.42 bits per heavy atom. The molecular weight excluding hydrogens is 242 g/mol. The van der Waals surface area contributed by atoms with Crippen molar-refractivity contribution in [3.8, 4) is 0 Å². The Hall–Kier alpha value is -1.36. The molecule has 102 valence electrons. The van der Waals surface area contributed by atoms with Crippen LogP contribution in [0.2, 0.25) is 0 Å². The molecular formula is C15H19NO3. The molecule has 1 aliphatic heterocycles. The van der Waals surface area contributed by atoms with Gasteiger partial charge in [0.05, 0.1) is 18.2 Å². The largest absolute Gasteiger partial charge is 0.460 e. The average Bonchev–Trinajstić information content (AvgIpc) is 2.76. The van der Waals surface area contributed by atoms with Crippen LogP contribution in [0, 0.1) is 0 Å². The number of hydrogen-bond acceptors (Lipinski definition) is 4. The molecule has 2 aromatic rings. The maximum absolute atomic E-state index is 9.94. The predicted octanol–water partition coefficient (Wildman–Crippen LogP) is 1.75. The number of furan rings is 1. The molecule has 0 amide bonds. The molecule has 1 saturated heterocycles. The molecule has 19 heavy (non-hydrogen) atoms. The maximum Gasteiger partial charge on any atom is 0.134 e. The number of piperidine rings is 1. The van der Waals surface area contributed by atoms with Gasteiger partial charge in [-0.3, -0.25) is 4.90 Å². The number of aliphatic hydroxyl groups is 2. The van der Waals surface area contributed by atoms with Crippen molar-refractivity contribution in [3.63, 3.8) is 0 Å². The zero-order valence-corrected chi connectivity index (χ0v) is 11.0. The van der Waals surface area contributed by atoms with Crippen molar-refractivity contribution < 1.29 is 14.6 Å². The normalized spacial score (nSPS) is 28.9. The predicted molar refractivity (Wildman–Crippen MR) is 72.7 cm³/mol. The third-order valence-electron chi connectivity index (χ3n) is 3.94. The second kappa shape index (κ2) is 4.63. The first-order valence-corrected chi connectivity index (χ1v) is 6.65. The number of benzene rings is 1. The standard InChI is InChI=1S/C15H19NO3/c1-15(18)6-7-16(10-14(15)17)9-12-8-11-4-2-3-5-13(11)19-12/h2-5,8,14,17-18H,6-7,9-10H2,1H3/t14-,15-/m1/s1. The first-order valence-electron chi connectivity index (χ1n) is 6.65. The van der Waals surface area contributed by atoms with Crippen molar-refractivity contribution in [2.45, 2.75) is 31.6 Å². The van der Waals surface area contributed by atoms with Crippen LogP contribution in [0.1, 0.15) is 19.1 Å². The van der Waals surface area contributed by atoms with Crippen LogP contribution in [0.15, 0.2) is 34.7 Å². The summed E-state index contributed by atoms with van der Waals surface area (Å²) in [6.07, 6.45) is -0.125. The third kappa shape index (κ3) is 2.52. The number of para-hydroxylation sites is 1. The van der Waals surface area contributed by atoms with Crippen LogP contribution in [0.3, 0.4) is 0 Å². The Kier molecular flexibility index (Phi) is 3.09. The number of rotatable bonds is 2. The van der Waals surface area contributed by atoms with E-state index >= 15 is 0 Å². The summed E-state index contributed by atoms with van der Waals surface area (Å²) in [6.45, 7) is 3.60. The summed E-state index contributed by atoms with van der Waals surface area (Å²) in [6, 6.07) is 9.96. The van der Waals surface area contributed by atoms with E-state index in [4.69, 9.17) is 4.42 Å². The maximum atomic E-state index is 9.94. The Morgan fingerprint density at radius 3 is 2.95 bits per heavy atom. The van der Waals surface area contributed by atoms with Crippen molar-refractivity contribution in [2.24, 2.45) is 0 Å². The van der Waals surface area contributed by atoms with Gasteiger partial charge in [0.25, 0.3) is 0 Å². The van der Waals surface area contributed by atoms with Gasteiger partial charge in [0, 0.05) is 18.5 Å². The lowest BCUT2D eigenvalue weighted by Gasteiger charge is -2.39. The first-order chi connectivity index (χ1) is 9.04. The molecule has 1 fully saturated rings. The number of β-amino-alcohol motifs (C(OH)–C–C–N with tert-alkyl or cyclic N) is 1. The monoisotopic (exact) mass is 261 g/mol. The summed E-state index contributed by atoms with van der Waals surface area (Å²) < 4.78 is 5.77. The lowest BCUT2D eigenvalue weighted by molar-refractivity contribution is -0.109. The van der Waals surface area contributed by atoms with Crippen LogP contribution in [0.25, 0.3) is 11.0 Å². The number of aliphatic hydroxyl groups excluding tert-OH is 1. The minimum absolute atomic E-state index is 0.476. The van der Waals surface area contributed by atoms with E-state index in [9.17, 15) is 10.2 Å². The van der Waals surface area contributed by atoms with Crippen molar-refractivity contribution in [1.29, 1.82) is 0 Å². The van der Waals surface area contributed by atoms with Gasteiger partial charge in [0.2, 0.25) is 0 Å². The topological polar surface area (TPSA) is 56.8 Å². The summed E-state index contributed by atoms with van der Waals surface area (Å²) in [4.78, 5) is 2.11. The summed E-state index contributed by atoms with van der Waals surface area (Å²) in [5, 5.41) is 20.9. The van der Waals surface area contributed by atoms with E-state index < -0.39 is 11.7 Å². The van der Waals surface area contributed by atoms with Gasteiger partial charge in [0.1, 0.15) is 11.3 Å². The summed E-state index contributed by atoms with van der Waals surface area (Å²) >= 11 is 0. The van der Waals surface area contributed by atoms with Crippen LogP contribution in [0.4, 0.5) is 0 Å². The van der Waals surface area contributed by atoms with Crippen LogP contribution in [-0.4, -0.2) is 39.9 Å². The van der Waals surface area contributed by atoms with Crippen molar-refractivity contribution in [1.82, 2.24) is 4.90 Å². The number of fused-ring (bicyclic) bond motifs is 1. The fraction of sp³-hybridized carbons (Fsp3) is 0.467. The van der Waals surface area contributed by atoms with Crippen LogP contribution >= 0.6 is 0 Å². The highest BCUT2D eigenvalue weighted by Gasteiger charge is 2.36. The highest BCUT2D eigenvalue weighted by atomic mass is 16.3. The Labute approximate surface area is 112 Å². The van der Waals surface area contributed by atoms with Gasteiger partial charge in [-0.05, 0) is 25.5 Å². The summed E-state index contributed by atoms with van der Waals surface area (Å²) in [7, 11) is 0. The molecule has 3 rings (SSSR count). The molecule has 2 heterocycles. The van der Waals surface area contributed by atoms with Crippen molar-refractivity contribution in [2.75, 3.05) is 13.1 Å². The van der Waals surface area contributed by atoms with Crippen molar-refractivity contribution >= 4 is 11.0 Å². The molecule has 1 aromatic carbocycles. The van der Waals surface area contributed by atoms with E-state index in [0.29, 0.717) is 19.5 Å². The van der Waals surface area contributed by atoms with E-state index in [1.54, 1.807) is 6.92 Å². The molecule has 4 nitrogen and oxygen atoms in total. The molecule has 0 radical (unpaired) electrons.